The predicted octanol–water partition coefficient (Wildman–Crippen LogP) is 3.29. The molecule has 18 heavy (non-hydrogen) atoms. The van der Waals surface area contributed by atoms with Crippen molar-refractivity contribution >= 4 is 34.8 Å². The van der Waals surface area contributed by atoms with Crippen LogP contribution in [0.5, 0.6) is 0 Å². The summed E-state index contributed by atoms with van der Waals surface area (Å²) >= 11 is 11.8. The lowest BCUT2D eigenvalue weighted by Crippen LogP contribution is -2.13. The molecule has 0 saturated carbocycles. The molecular weight excluding hydrogens is 273 g/mol. The first kappa shape index (κ1) is 12.9. The van der Waals surface area contributed by atoms with Gasteiger partial charge in [-0.25, -0.2) is 0 Å². The fourth-order valence-electron chi connectivity index (χ4n) is 1.61. The molecule has 94 valence electrons. The standard InChI is InChI=1S/C12H11Cl2N3O/c1-7-10(11(14)17(2)16-7)12(18)15-9-5-3-8(13)4-6-9/h3-6H,1-2H3,(H,15,18). The number of benzene rings is 1. The second-order valence-corrected chi connectivity index (χ2v) is 4.63. The van der Waals surface area contributed by atoms with E-state index in [2.05, 4.69) is 10.4 Å². The summed E-state index contributed by atoms with van der Waals surface area (Å²) in [6.45, 7) is 1.74. The van der Waals surface area contributed by atoms with Crippen molar-refractivity contribution in [3.63, 3.8) is 0 Å². The normalized spacial score (nSPS) is 10.4. The highest BCUT2D eigenvalue weighted by Crippen LogP contribution is 2.21. The maximum absolute atomic E-state index is 12.1. The zero-order chi connectivity index (χ0) is 13.3. The highest BCUT2D eigenvalue weighted by atomic mass is 35.5. The van der Waals surface area contributed by atoms with Crippen LogP contribution >= 0.6 is 23.2 Å². The molecule has 1 aromatic carbocycles. The Balaban J connectivity index is 2.24. The Morgan fingerprint density at radius 3 is 2.39 bits per heavy atom. The van der Waals surface area contributed by atoms with Gasteiger partial charge in [0.15, 0.2) is 0 Å². The first-order chi connectivity index (χ1) is 8.49. The van der Waals surface area contributed by atoms with E-state index < -0.39 is 0 Å². The fourth-order valence-corrected chi connectivity index (χ4v) is 2.00. The second-order valence-electron chi connectivity index (χ2n) is 3.84. The predicted molar refractivity (Wildman–Crippen MR) is 72.4 cm³/mol. The third-order valence-electron chi connectivity index (χ3n) is 2.48. The van der Waals surface area contributed by atoms with Crippen LogP contribution in [-0.4, -0.2) is 15.7 Å². The average molecular weight is 284 g/mol. The zero-order valence-electron chi connectivity index (χ0n) is 9.87. The lowest BCUT2D eigenvalue weighted by molar-refractivity contribution is 0.102. The molecule has 1 heterocycles. The summed E-state index contributed by atoms with van der Waals surface area (Å²) in [5, 5.41) is 7.77. The van der Waals surface area contributed by atoms with Gasteiger partial charge < -0.3 is 5.32 Å². The van der Waals surface area contributed by atoms with E-state index in [1.54, 1.807) is 38.2 Å². The Morgan fingerprint density at radius 2 is 1.89 bits per heavy atom. The number of rotatable bonds is 2. The van der Waals surface area contributed by atoms with E-state index in [1.807, 2.05) is 0 Å². The van der Waals surface area contributed by atoms with Gasteiger partial charge in [-0.3, -0.25) is 9.48 Å². The molecule has 0 aliphatic heterocycles. The minimum Gasteiger partial charge on any atom is -0.322 e. The second kappa shape index (κ2) is 5.00. The van der Waals surface area contributed by atoms with E-state index in [0.29, 0.717) is 27.1 Å². The largest absolute Gasteiger partial charge is 0.322 e. The molecule has 0 radical (unpaired) electrons. The monoisotopic (exact) mass is 283 g/mol. The number of aromatic nitrogens is 2. The molecule has 1 aromatic heterocycles. The molecule has 2 aromatic rings. The van der Waals surface area contributed by atoms with Gasteiger partial charge in [0.05, 0.1) is 11.3 Å². The Bertz CT molecular complexity index is 590. The first-order valence-electron chi connectivity index (χ1n) is 5.25. The van der Waals surface area contributed by atoms with Gasteiger partial charge in [-0.05, 0) is 31.2 Å². The highest BCUT2D eigenvalue weighted by Gasteiger charge is 2.18. The zero-order valence-corrected chi connectivity index (χ0v) is 11.4. The van der Waals surface area contributed by atoms with Gasteiger partial charge in [0.25, 0.3) is 5.91 Å². The molecule has 0 spiro atoms. The molecule has 0 aliphatic rings. The summed E-state index contributed by atoms with van der Waals surface area (Å²) in [4.78, 5) is 12.1. The van der Waals surface area contributed by atoms with Gasteiger partial charge in [-0.2, -0.15) is 5.10 Å². The molecule has 0 unspecified atom stereocenters. The van der Waals surface area contributed by atoms with E-state index in [-0.39, 0.29) is 5.91 Å². The first-order valence-corrected chi connectivity index (χ1v) is 6.00. The summed E-state index contributed by atoms with van der Waals surface area (Å²) in [5.74, 6) is -0.284. The Labute approximate surface area is 115 Å². The van der Waals surface area contributed by atoms with Crippen LogP contribution in [0.25, 0.3) is 0 Å². The summed E-state index contributed by atoms with van der Waals surface area (Å²) in [7, 11) is 1.69. The number of halogens is 2. The minimum absolute atomic E-state index is 0.284. The average Bonchev–Trinajstić information content (AvgIpc) is 2.56. The van der Waals surface area contributed by atoms with Crippen LogP contribution in [0, 0.1) is 6.92 Å². The Hall–Kier alpha value is -1.52. The van der Waals surface area contributed by atoms with Crippen molar-refractivity contribution in [1.82, 2.24) is 9.78 Å². The third-order valence-corrected chi connectivity index (χ3v) is 3.17. The van der Waals surface area contributed by atoms with E-state index in [1.165, 1.54) is 4.68 Å². The molecule has 0 aliphatic carbocycles. The van der Waals surface area contributed by atoms with E-state index in [9.17, 15) is 4.79 Å². The summed E-state index contributed by atoms with van der Waals surface area (Å²) in [6, 6.07) is 6.85. The molecule has 2 rings (SSSR count). The molecule has 6 heteroatoms. The summed E-state index contributed by atoms with van der Waals surface area (Å²) < 4.78 is 1.47. The molecule has 1 amide bonds. The summed E-state index contributed by atoms with van der Waals surface area (Å²) in [5.41, 5.74) is 1.63. The van der Waals surface area contributed by atoms with Gasteiger partial charge in [-0.15, -0.1) is 0 Å². The van der Waals surface area contributed by atoms with Crippen molar-refractivity contribution in [1.29, 1.82) is 0 Å². The van der Waals surface area contributed by atoms with Crippen molar-refractivity contribution in [2.45, 2.75) is 6.92 Å². The molecule has 0 saturated heterocycles. The van der Waals surface area contributed by atoms with Crippen LogP contribution in [0.4, 0.5) is 5.69 Å². The van der Waals surface area contributed by atoms with Crippen LogP contribution in [0.3, 0.4) is 0 Å². The molecule has 1 N–H and O–H groups in total. The molecular formula is C12H11Cl2N3O. The Morgan fingerprint density at radius 1 is 1.28 bits per heavy atom. The molecule has 0 bridgehead atoms. The van der Waals surface area contributed by atoms with Crippen LogP contribution < -0.4 is 5.32 Å². The number of aryl methyl sites for hydroxylation is 2. The van der Waals surface area contributed by atoms with Gasteiger partial charge in [0.1, 0.15) is 5.15 Å². The van der Waals surface area contributed by atoms with Crippen molar-refractivity contribution < 1.29 is 4.79 Å². The van der Waals surface area contributed by atoms with E-state index >= 15 is 0 Å². The number of hydrogen-bond acceptors (Lipinski definition) is 2. The number of amides is 1. The van der Waals surface area contributed by atoms with Gasteiger partial charge >= 0.3 is 0 Å². The molecule has 4 nitrogen and oxygen atoms in total. The van der Waals surface area contributed by atoms with Crippen molar-refractivity contribution in [2.75, 3.05) is 5.32 Å². The number of hydrogen-bond donors (Lipinski definition) is 1. The maximum atomic E-state index is 12.1. The van der Waals surface area contributed by atoms with Gasteiger partial charge in [-0.1, -0.05) is 23.2 Å². The van der Waals surface area contributed by atoms with Crippen molar-refractivity contribution in [3.8, 4) is 0 Å². The quantitative estimate of drug-likeness (QED) is 0.919. The van der Waals surface area contributed by atoms with E-state index in [4.69, 9.17) is 23.2 Å². The topological polar surface area (TPSA) is 46.9 Å². The number of carbonyl (C=O) groups is 1. The fraction of sp³-hybridized carbons (Fsp3) is 0.167. The van der Waals surface area contributed by atoms with Crippen LogP contribution in [-0.2, 0) is 7.05 Å². The lowest BCUT2D eigenvalue weighted by atomic mass is 10.2. The SMILES string of the molecule is Cc1nn(C)c(Cl)c1C(=O)Nc1ccc(Cl)cc1. The lowest BCUT2D eigenvalue weighted by Gasteiger charge is -2.04. The molecule has 0 atom stereocenters. The summed E-state index contributed by atoms with van der Waals surface area (Å²) in [6.07, 6.45) is 0. The number of anilines is 1. The minimum atomic E-state index is -0.284. The highest BCUT2D eigenvalue weighted by molar-refractivity contribution is 6.33. The van der Waals surface area contributed by atoms with Crippen molar-refractivity contribution in [3.05, 3.63) is 45.7 Å². The van der Waals surface area contributed by atoms with Crippen LogP contribution in [0.2, 0.25) is 10.2 Å². The van der Waals surface area contributed by atoms with Crippen LogP contribution in [0.1, 0.15) is 16.1 Å². The van der Waals surface area contributed by atoms with Crippen LogP contribution in [0.15, 0.2) is 24.3 Å². The van der Waals surface area contributed by atoms with Gasteiger partial charge in [0, 0.05) is 17.8 Å². The Kier molecular flexibility index (Phi) is 3.59. The van der Waals surface area contributed by atoms with E-state index in [0.717, 1.165) is 0 Å². The number of carbonyl (C=O) groups excluding carboxylic acids is 1. The maximum Gasteiger partial charge on any atom is 0.260 e. The van der Waals surface area contributed by atoms with Crippen molar-refractivity contribution in [2.24, 2.45) is 7.05 Å². The van der Waals surface area contributed by atoms with Gasteiger partial charge in [0.2, 0.25) is 0 Å². The molecule has 0 fully saturated rings. The number of nitrogens with one attached hydrogen (secondary N) is 1. The third kappa shape index (κ3) is 2.49. The smallest absolute Gasteiger partial charge is 0.260 e. The number of nitrogens with zero attached hydrogens (tertiary/aromatic N) is 2.